The van der Waals surface area contributed by atoms with Gasteiger partial charge in [0.1, 0.15) is 6.23 Å². The van der Waals surface area contributed by atoms with E-state index in [1.165, 1.54) is 11.3 Å². The van der Waals surface area contributed by atoms with Crippen LogP contribution in [0.4, 0.5) is 5.69 Å². The molecule has 0 N–H and O–H groups in total. The first-order valence-electron chi connectivity index (χ1n) is 4.73. The van der Waals surface area contributed by atoms with Gasteiger partial charge in [-0.1, -0.05) is 18.2 Å². The van der Waals surface area contributed by atoms with Crippen LogP contribution >= 0.6 is 0 Å². The molecule has 0 radical (unpaired) electrons. The molecule has 1 aromatic rings. The minimum absolute atomic E-state index is 0.223. The predicted molar refractivity (Wildman–Crippen MR) is 53.9 cm³/mol. The predicted octanol–water partition coefficient (Wildman–Crippen LogP) is 2.18. The van der Waals surface area contributed by atoms with Crippen LogP contribution in [0.2, 0.25) is 0 Å². The third kappa shape index (κ3) is 1.54. The number of aryl methyl sites for hydroxylation is 1. The van der Waals surface area contributed by atoms with E-state index in [1.807, 2.05) is 0 Å². The zero-order valence-electron chi connectivity index (χ0n) is 8.16. The fraction of sp³-hybridized carbons (Fsp3) is 0.455. The Bertz CT molecular complexity index is 298. The van der Waals surface area contributed by atoms with Crippen molar-refractivity contribution < 1.29 is 4.74 Å². The van der Waals surface area contributed by atoms with E-state index < -0.39 is 0 Å². The standard InChI is InChI=1S/C11H15NO/c1-9-5-3-4-6-11(9)12-7-8-13-10(12)2/h3-6,10H,7-8H2,1-2H3. The Labute approximate surface area is 79.1 Å². The molecule has 1 saturated heterocycles. The third-order valence-electron chi connectivity index (χ3n) is 2.56. The Morgan fingerprint density at radius 3 is 2.77 bits per heavy atom. The highest BCUT2D eigenvalue weighted by Crippen LogP contribution is 2.24. The monoisotopic (exact) mass is 177 g/mol. The maximum absolute atomic E-state index is 5.50. The van der Waals surface area contributed by atoms with Crippen LogP contribution in [0.5, 0.6) is 0 Å². The molecular weight excluding hydrogens is 162 g/mol. The zero-order valence-corrected chi connectivity index (χ0v) is 8.16. The molecule has 13 heavy (non-hydrogen) atoms. The number of hydrogen-bond acceptors (Lipinski definition) is 2. The summed E-state index contributed by atoms with van der Waals surface area (Å²) in [5.74, 6) is 0. The summed E-state index contributed by atoms with van der Waals surface area (Å²) in [5.41, 5.74) is 2.62. The Hall–Kier alpha value is -1.02. The molecule has 1 fully saturated rings. The quantitative estimate of drug-likeness (QED) is 0.652. The lowest BCUT2D eigenvalue weighted by Crippen LogP contribution is -2.27. The lowest BCUT2D eigenvalue weighted by molar-refractivity contribution is 0.127. The van der Waals surface area contributed by atoms with Crippen molar-refractivity contribution in [2.75, 3.05) is 18.1 Å². The highest BCUT2D eigenvalue weighted by molar-refractivity contribution is 5.53. The number of rotatable bonds is 1. The smallest absolute Gasteiger partial charge is 0.127 e. The average molecular weight is 177 g/mol. The molecule has 1 aromatic carbocycles. The lowest BCUT2D eigenvalue weighted by atomic mass is 10.2. The molecule has 0 spiro atoms. The van der Waals surface area contributed by atoms with Gasteiger partial charge in [0.25, 0.3) is 0 Å². The summed E-state index contributed by atoms with van der Waals surface area (Å²) in [4.78, 5) is 2.30. The molecule has 2 rings (SSSR count). The van der Waals surface area contributed by atoms with Crippen molar-refractivity contribution in [3.05, 3.63) is 29.8 Å². The van der Waals surface area contributed by atoms with Gasteiger partial charge in [-0.15, -0.1) is 0 Å². The fourth-order valence-corrected chi connectivity index (χ4v) is 1.80. The number of hydrogen-bond donors (Lipinski definition) is 0. The minimum Gasteiger partial charge on any atom is -0.357 e. The van der Waals surface area contributed by atoms with Gasteiger partial charge < -0.3 is 9.64 Å². The fourth-order valence-electron chi connectivity index (χ4n) is 1.80. The second kappa shape index (κ2) is 3.38. The molecule has 70 valence electrons. The number of ether oxygens (including phenoxy) is 1. The van der Waals surface area contributed by atoms with E-state index in [0.29, 0.717) is 0 Å². The molecule has 0 bridgehead atoms. The van der Waals surface area contributed by atoms with E-state index in [4.69, 9.17) is 4.74 Å². The molecule has 0 amide bonds. The van der Waals surface area contributed by atoms with Crippen molar-refractivity contribution in [2.45, 2.75) is 20.1 Å². The van der Waals surface area contributed by atoms with Crippen molar-refractivity contribution in [1.29, 1.82) is 0 Å². The van der Waals surface area contributed by atoms with Crippen LogP contribution < -0.4 is 4.90 Å². The largest absolute Gasteiger partial charge is 0.357 e. The second-order valence-electron chi connectivity index (χ2n) is 3.45. The summed E-state index contributed by atoms with van der Waals surface area (Å²) >= 11 is 0. The van der Waals surface area contributed by atoms with Crippen molar-refractivity contribution >= 4 is 5.69 Å². The normalized spacial score (nSPS) is 22.3. The molecular formula is C11H15NO. The zero-order chi connectivity index (χ0) is 9.26. The van der Waals surface area contributed by atoms with Crippen LogP contribution in [0.15, 0.2) is 24.3 Å². The molecule has 2 heteroatoms. The van der Waals surface area contributed by atoms with Crippen LogP contribution in [0.25, 0.3) is 0 Å². The summed E-state index contributed by atoms with van der Waals surface area (Å²) in [6.45, 7) is 6.08. The maximum atomic E-state index is 5.50. The highest BCUT2D eigenvalue weighted by atomic mass is 16.5. The minimum atomic E-state index is 0.223. The number of benzene rings is 1. The molecule has 1 atom stereocenters. The van der Waals surface area contributed by atoms with E-state index in [9.17, 15) is 0 Å². The van der Waals surface area contributed by atoms with Gasteiger partial charge in [0, 0.05) is 12.2 Å². The number of nitrogens with zero attached hydrogens (tertiary/aromatic N) is 1. The molecule has 0 saturated carbocycles. The molecule has 0 aliphatic carbocycles. The van der Waals surface area contributed by atoms with Gasteiger partial charge in [-0.2, -0.15) is 0 Å². The van der Waals surface area contributed by atoms with Gasteiger partial charge in [0.05, 0.1) is 6.61 Å². The third-order valence-corrected chi connectivity index (χ3v) is 2.56. The first-order valence-corrected chi connectivity index (χ1v) is 4.73. The summed E-state index contributed by atoms with van der Waals surface area (Å²) in [6.07, 6.45) is 0.223. The van der Waals surface area contributed by atoms with Crippen LogP contribution in [-0.2, 0) is 4.74 Å². The highest BCUT2D eigenvalue weighted by Gasteiger charge is 2.21. The second-order valence-corrected chi connectivity index (χ2v) is 3.45. The Morgan fingerprint density at radius 2 is 2.15 bits per heavy atom. The molecule has 1 aliphatic heterocycles. The van der Waals surface area contributed by atoms with Gasteiger partial charge in [-0.05, 0) is 25.5 Å². The van der Waals surface area contributed by atoms with Crippen molar-refractivity contribution in [3.8, 4) is 0 Å². The molecule has 1 heterocycles. The van der Waals surface area contributed by atoms with E-state index in [0.717, 1.165) is 13.2 Å². The van der Waals surface area contributed by atoms with Crippen LogP contribution in [-0.4, -0.2) is 19.4 Å². The lowest BCUT2D eigenvalue weighted by Gasteiger charge is -2.23. The summed E-state index contributed by atoms with van der Waals surface area (Å²) in [6, 6.07) is 8.44. The first kappa shape index (κ1) is 8.57. The Kier molecular flexibility index (Phi) is 2.23. The van der Waals surface area contributed by atoms with E-state index in [1.54, 1.807) is 0 Å². The number of anilines is 1. The van der Waals surface area contributed by atoms with E-state index >= 15 is 0 Å². The van der Waals surface area contributed by atoms with Crippen molar-refractivity contribution in [2.24, 2.45) is 0 Å². The molecule has 1 unspecified atom stereocenters. The molecule has 0 aromatic heterocycles. The summed E-state index contributed by atoms with van der Waals surface area (Å²) in [5, 5.41) is 0. The summed E-state index contributed by atoms with van der Waals surface area (Å²) < 4.78 is 5.50. The Balaban J connectivity index is 2.29. The van der Waals surface area contributed by atoms with E-state index in [-0.39, 0.29) is 6.23 Å². The first-order chi connectivity index (χ1) is 6.29. The topological polar surface area (TPSA) is 12.5 Å². The van der Waals surface area contributed by atoms with E-state index in [2.05, 4.69) is 43.0 Å². The van der Waals surface area contributed by atoms with Gasteiger partial charge in [-0.3, -0.25) is 0 Å². The van der Waals surface area contributed by atoms with Crippen LogP contribution in [0, 0.1) is 6.92 Å². The van der Waals surface area contributed by atoms with Gasteiger partial charge in [-0.25, -0.2) is 0 Å². The molecule has 1 aliphatic rings. The molecule has 2 nitrogen and oxygen atoms in total. The van der Waals surface area contributed by atoms with Gasteiger partial charge >= 0.3 is 0 Å². The van der Waals surface area contributed by atoms with Crippen LogP contribution in [0.1, 0.15) is 12.5 Å². The Morgan fingerprint density at radius 1 is 1.38 bits per heavy atom. The van der Waals surface area contributed by atoms with Gasteiger partial charge in [0.15, 0.2) is 0 Å². The maximum Gasteiger partial charge on any atom is 0.127 e. The van der Waals surface area contributed by atoms with Crippen LogP contribution in [0.3, 0.4) is 0 Å². The number of para-hydroxylation sites is 1. The van der Waals surface area contributed by atoms with Crippen molar-refractivity contribution in [1.82, 2.24) is 0 Å². The SMILES string of the molecule is Cc1ccccc1N1CCOC1C. The summed E-state index contributed by atoms with van der Waals surface area (Å²) in [7, 11) is 0. The average Bonchev–Trinajstić information content (AvgIpc) is 2.52. The van der Waals surface area contributed by atoms with Gasteiger partial charge in [0.2, 0.25) is 0 Å². The van der Waals surface area contributed by atoms with Crippen molar-refractivity contribution in [3.63, 3.8) is 0 Å².